The third-order valence-corrected chi connectivity index (χ3v) is 2.06. The van der Waals surface area contributed by atoms with Gasteiger partial charge in [0.05, 0.1) is 0 Å². The molecule has 0 aromatic carbocycles. The van der Waals surface area contributed by atoms with E-state index in [4.69, 9.17) is 7.48 Å². The van der Waals surface area contributed by atoms with Crippen molar-refractivity contribution in [2.24, 2.45) is 5.89 Å². The number of methoxy groups -OCH3 is 1. The highest BCUT2D eigenvalue weighted by Gasteiger charge is 2.11. The van der Waals surface area contributed by atoms with Crippen molar-refractivity contribution in [1.82, 2.24) is 0 Å². The molecule has 0 unspecified atom stereocenters. The van der Waals surface area contributed by atoms with E-state index in [1.807, 2.05) is 0 Å². The van der Waals surface area contributed by atoms with Gasteiger partial charge in [-0.2, -0.15) is 0 Å². The van der Waals surface area contributed by atoms with Gasteiger partial charge in [0.15, 0.2) is 0 Å². The monoisotopic (exact) mass is 144 g/mol. The lowest BCUT2D eigenvalue weighted by molar-refractivity contribution is 0.166. The summed E-state index contributed by atoms with van der Waals surface area (Å²) in [6.07, 6.45) is 4.47. The average Bonchev–Trinajstić information content (AvgIpc) is 2.08. The highest BCUT2D eigenvalue weighted by atomic mass is 16.5. The maximum absolute atomic E-state index is 8.05. The van der Waals surface area contributed by atoms with Gasteiger partial charge in [-0.3, -0.25) is 0 Å². The van der Waals surface area contributed by atoms with Crippen LogP contribution in [0.15, 0.2) is 0 Å². The van der Waals surface area contributed by atoms with Crippen LogP contribution >= 0.6 is 0 Å². The van der Waals surface area contributed by atoms with Crippen molar-refractivity contribution in [2.45, 2.75) is 38.5 Å². The van der Waals surface area contributed by atoms with Crippen molar-refractivity contribution in [3.63, 3.8) is 0 Å². The summed E-state index contributed by atoms with van der Waals surface area (Å²) in [6, 6.07) is 0. The van der Waals surface area contributed by atoms with Crippen LogP contribution in [0, 0.1) is 5.89 Å². The predicted molar refractivity (Wildman–Crippen MR) is 43.1 cm³/mol. The van der Waals surface area contributed by atoms with Gasteiger partial charge in [-0.15, -0.1) is 0 Å². The standard InChI is InChI=1S/C9H18O/c1-10-8-7-9-5-3-2-4-6-9/h9H,2-8H2,1H3/i2D,9D. The Kier molecular flexibility index (Phi) is 2.64. The second kappa shape index (κ2) is 4.73. The molecule has 0 saturated heterocycles. The Labute approximate surface area is 66.6 Å². The summed E-state index contributed by atoms with van der Waals surface area (Å²) >= 11 is 0. The van der Waals surface area contributed by atoms with Gasteiger partial charge < -0.3 is 4.74 Å². The van der Waals surface area contributed by atoms with E-state index >= 15 is 0 Å². The Morgan fingerprint density at radius 2 is 2.30 bits per heavy atom. The second-order valence-corrected chi connectivity index (χ2v) is 2.86. The normalized spacial score (nSPS) is 44.3. The highest BCUT2D eigenvalue weighted by Crippen LogP contribution is 2.25. The third-order valence-electron chi connectivity index (χ3n) is 2.06. The van der Waals surface area contributed by atoms with Crippen LogP contribution in [0.1, 0.15) is 41.2 Å². The van der Waals surface area contributed by atoms with Gasteiger partial charge in [0.2, 0.25) is 0 Å². The Morgan fingerprint density at radius 1 is 1.60 bits per heavy atom. The Balaban J connectivity index is 2.29. The zero-order valence-corrected chi connectivity index (χ0v) is 6.73. The molecule has 0 aliphatic heterocycles. The molecule has 0 aromatic heterocycles. The minimum Gasteiger partial charge on any atom is -0.385 e. The molecule has 0 spiro atoms. The fourth-order valence-electron chi connectivity index (χ4n) is 1.38. The Bertz CT molecular complexity index is 125. The molecule has 1 heteroatoms. The largest absolute Gasteiger partial charge is 0.385 e. The van der Waals surface area contributed by atoms with Gasteiger partial charge >= 0.3 is 0 Å². The summed E-state index contributed by atoms with van der Waals surface area (Å²) in [4.78, 5) is 0. The van der Waals surface area contributed by atoms with E-state index in [1.54, 1.807) is 7.11 Å². The van der Waals surface area contributed by atoms with Gasteiger partial charge in [-0.1, -0.05) is 32.1 Å². The molecule has 0 radical (unpaired) electrons. The number of rotatable bonds is 3. The van der Waals surface area contributed by atoms with Crippen molar-refractivity contribution < 1.29 is 7.48 Å². The maximum Gasteiger partial charge on any atom is 0.0464 e. The Morgan fingerprint density at radius 3 is 2.90 bits per heavy atom. The van der Waals surface area contributed by atoms with E-state index in [-0.39, 0.29) is 12.3 Å². The Hall–Kier alpha value is -0.0400. The summed E-state index contributed by atoms with van der Waals surface area (Å²) in [6.45, 7) is 0.687. The van der Waals surface area contributed by atoms with Crippen LogP contribution in [0.4, 0.5) is 0 Å². The van der Waals surface area contributed by atoms with Crippen LogP contribution in [0.5, 0.6) is 0 Å². The third kappa shape index (κ3) is 2.70. The molecule has 0 heterocycles. The molecule has 0 amide bonds. The molecule has 1 aliphatic rings. The van der Waals surface area contributed by atoms with Crippen LogP contribution in [0.2, 0.25) is 0 Å². The van der Waals surface area contributed by atoms with Crippen molar-refractivity contribution in [3.05, 3.63) is 0 Å². The van der Waals surface area contributed by atoms with Crippen molar-refractivity contribution in [1.29, 1.82) is 0 Å². The molecule has 0 bridgehead atoms. The SMILES string of the molecule is [2H]C1CCC([2H])(CCOC)CC1. The first kappa shape index (κ1) is 5.59. The van der Waals surface area contributed by atoms with Gasteiger partial charge in [0, 0.05) is 16.5 Å². The zero-order chi connectivity index (χ0) is 9.03. The smallest absolute Gasteiger partial charge is 0.0464 e. The summed E-state index contributed by atoms with van der Waals surface area (Å²) in [5.74, 6) is -0.284. The van der Waals surface area contributed by atoms with Crippen LogP contribution in [0.25, 0.3) is 0 Å². The summed E-state index contributed by atoms with van der Waals surface area (Å²) < 4.78 is 20.5. The molecule has 1 nitrogen and oxygen atoms in total. The lowest BCUT2D eigenvalue weighted by atomic mass is 9.87. The molecule has 0 aromatic rings. The van der Waals surface area contributed by atoms with E-state index in [0.29, 0.717) is 6.61 Å². The minimum absolute atomic E-state index is 0.0889. The van der Waals surface area contributed by atoms with Gasteiger partial charge in [0.25, 0.3) is 0 Å². The molecular weight excluding hydrogens is 124 g/mol. The molecule has 0 atom stereocenters. The van der Waals surface area contributed by atoms with E-state index in [9.17, 15) is 0 Å². The van der Waals surface area contributed by atoms with Crippen molar-refractivity contribution in [2.75, 3.05) is 13.7 Å². The van der Waals surface area contributed by atoms with Crippen molar-refractivity contribution >= 4 is 0 Å². The first-order valence-electron chi connectivity index (χ1n) is 5.15. The fourth-order valence-corrected chi connectivity index (χ4v) is 1.38. The number of hydrogen-bond donors (Lipinski definition) is 0. The molecule has 60 valence electrons. The topological polar surface area (TPSA) is 9.23 Å². The second-order valence-electron chi connectivity index (χ2n) is 2.86. The van der Waals surface area contributed by atoms with Crippen LogP contribution in [-0.2, 0) is 4.74 Å². The average molecular weight is 144 g/mol. The molecule has 10 heavy (non-hydrogen) atoms. The van der Waals surface area contributed by atoms with E-state index in [2.05, 4.69) is 0 Å². The first-order valence-corrected chi connectivity index (χ1v) is 4.07. The van der Waals surface area contributed by atoms with Gasteiger partial charge in [-0.25, -0.2) is 0 Å². The maximum atomic E-state index is 8.05. The molecular formula is C9H18O. The zero-order valence-electron chi connectivity index (χ0n) is 8.73. The fraction of sp³-hybridized carbons (Fsp3) is 1.00. The van der Waals surface area contributed by atoms with Crippen molar-refractivity contribution in [3.8, 4) is 0 Å². The van der Waals surface area contributed by atoms with E-state index in [1.165, 1.54) is 0 Å². The number of hydrogen-bond acceptors (Lipinski definition) is 1. The quantitative estimate of drug-likeness (QED) is 0.591. The molecule has 1 fully saturated rings. The summed E-state index contributed by atoms with van der Waals surface area (Å²) in [5, 5.41) is 0. The molecule has 1 saturated carbocycles. The van der Waals surface area contributed by atoms with Gasteiger partial charge in [-0.05, 0) is 12.3 Å². The lowest BCUT2D eigenvalue weighted by Gasteiger charge is -2.20. The van der Waals surface area contributed by atoms with Crippen LogP contribution in [0.3, 0.4) is 0 Å². The first-order chi connectivity index (χ1) is 5.66. The highest BCUT2D eigenvalue weighted by molar-refractivity contribution is 4.64. The van der Waals surface area contributed by atoms with E-state index in [0.717, 1.165) is 32.1 Å². The predicted octanol–water partition coefficient (Wildman–Crippen LogP) is 2.60. The summed E-state index contributed by atoms with van der Waals surface area (Å²) in [5.41, 5.74) is 0. The summed E-state index contributed by atoms with van der Waals surface area (Å²) in [7, 11) is 1.68. The number of ether oxygens (including phenoxy) is 1. The minimum atomic E-state index is -0.284. The van der Waals surface area contributed by atoms with Gasteiger partial charge in [0.1, 0.15) is 0 Å². The van der Waals surface area contributed by atoms with E-state index < -0.39 is 0 Å². The lowest BCUT2D eigenvalue weighted by Crippen LogP contribution is -2.08. The molecule has 0 N–H and O–H groups in total. The molecule has 1 rings (SSSR count). The van der Waals surface area contributed by atoms with Crippen LogP contribution < -0.4 is 0 Å². The van der Waals surface area contributed by atoms with Crippen LogP contribution in [-0.4, -0.2) is 13.7 Å². The molecule has 1 aliphatic carbocycles.